The van der Waals surface area contributed by atoms with Gasteiger partial charge in [0.05, 0.1) is 88.5 Å². The minimum absolute atomic E-state index is 0.00666. The average molecular weight is 1630 g/mol. The van der Waals surface area contributed by atoms with Gasteiger partial charge in [0.15, 0.2) is 31.5 Å². The molecule has 5 aliphatic heterocycles. The molecule has 5 fully saturated rings. The van der Waals surface area contributed by atoms with Gasteiger partial charge in [0.25, 0.3) is 0 Å². The lowest BCUT2D eigenvalue weighted by molar-refractivity contribution is -0.301. The van der Waals surface area contributed by atoms with Crippen molar-refractivity contribution in [2.24, 2.45) is 5.73 Å². The Bertz CT molecular complexity index is 2100. The lowest BCUT2D eigenvalue weighted by Crippen LogP contribution is -2.59. The summed E-state index contributed by atoms with van der Waals surface area (Å²) in [6, 6.07) is 0. The molecule has 30 atom stereocenters. The van der Waals surface area contributed by atoms with Crippen LogP contribution in [0.1, 0.15) is 120 Å². The van der Waals surface area contributed by atoms with Gasteiger partial charge in [-0.3, -0.25) is 9.80 Å². The van der Waals surface area contributed by atoms with E-state index < -0.39 is 184 Å². The number of aliphatic hydroxyl groups is 16. The molecule has 5 saturated heterocycles. The van der Waals surface area contributed by atoms with Crippen molar-refractivity contribution in [3.63, 3.8) is 0 Å². The molecule has 0 aromatic rings. The summed E-state index contributed by atoms with van der Waals surface area (Å²) >= 11 is 0. The summed E-state index contributed by atoms with van der Waals surface area (Å²) in [5.41, 5.74) is 5.26. The van der Waals surface area contributed by atoms with Crippen molar-refractivity contribution in [1.29, 1.82) is 0 Å². The zero-order chi connectivity index (χ0) is 83.9. The van der Waals surface area contributed by atoms with E-state index in [2.05, 4.69) is 34.7 Å². The van der Waals surface area contributed by atoms with Crippen LogP contribution >= 0.6 is 0 Å². The quantitative estimate of drug-likeness (QED) is 0.0200. The highest BCUT2D eigenvalue weighted by molar-refractivity contribution is 4.95. The normalized spacial score (nSPS) is 33.8. The molecule has 5 aliphatic rings. The zero-order valence-electron chi connectivity index (χ0n) is 69.1. The Balaban J connectivity index is 0.000000698. The van der Waals surface area contributed by atoms with Gasteiger partial charge in [-0.1, -0.05) is 75.2 Å². The zero-order valence-corrected chi connectivity index (χ0v) is 69.1. The Labute approximate surface area is 659 Å². The van der Waals surface area contributed by atoms with Crippen LogP contribution in [0.15, 0.2) is 0 Å². The minimum Gasteiger partial charge on any atom is -0.395 e. The molecule has 0 radical (unpaired) electrons. The second kappa shape index (κ2) is 61.7. The van der Waals surface area contributed by atoms with E-state index >= 15 is 0 Å². The Hall–Kier alpha value is -1.52. The molecular formula is C73H153N7O31. The van der Waals surface area contributed by atoms with Crippen molar-refractivity contribution in [1.82, 2.24) is 30.7 Å². The van der Waals surface area contributed by atoms with Crippen LogP contribution in [0.2, 0.25) is 0 Å². The lowest BCUT2D eigenvalue weighted by atomic mass is 9.97. The summed E-state index contributed by atoms with van der Waals surface area (Å²) in [4.78, 5) is 5.93. The molecule has 38 heteroatoms. The lowest BCUT2D eigenvalue weighted by Gasteiger charge is -2.42. The third-order valence-electron chi connectivity index (χ3n) is 19.5. The monoisotopic (exact) mass is 1620 g/mol. The standard InChI is InChI=1S/C18H37NO6.C17H37N3O6.C14H29NO6.C13H27NO7.C11H23NO6/c1-5-8-10-19(11-9-6-2)14(20)12-24-17-15(21)13(7-3)25-18(23-4)16(17)22;1-5-13-14(22)16(15(23)17(24-4)26-13)25-11-12(21)10-19-7-6-18-8-9-20(2)3;1-5-9-11(17)13(12(18)14(19-4)21-9)20-8-10(16)15(6-2)7-3;1-3-9-10(17)12(11(18)13(19-2)21-9)20-7-8(16)6-14-4-5-15;1-3-7-8(14)10(17-5-6(13)4-12)9(15)11(16-2)18-7/h13-18,20-22H,5-12H2,1-4H3;12-19,21-23H,5-11H2,1-4H3;9-14,16-18H,5-8H2,1-4H3;8-18H,3-7H2,1-2H3;6-11,13-15H,3-5,12H2,1-2H3. The number of hydrogen-bond donors (Lipinski definition) is 20. The molecule has 0 bridgehead atoms. The molecule has 5 rings (SSSR count). The predicted octanol–water partition coefficient (Wildman–Crippen LogP) is -5.38. The molecule has 111 heavy (non-hydrogen) atoms. The molecule has 0 aliphatic carbocycles. The fraction of sp³-hybridized carbons (Fsp3) is 1.00. The van der Waals surface area contributed by atoms with Crippen LogP contribution in [0.3, 0.4) is 0 Å². The first kappa shape index (κ1) is 107. The number of nitrogens with one attached hydrogen (secondary N) is 3. The Morgan fingerprint density at radius 2 is 0.622 bits per heavy atom. The molecule has 0 saturated carbocycles. The Kier molecular flexibility index (Phi) is 59.8. The summed E-state index contributed by atoms with van der Waals surface area (Å²) < 4.78 is 80.3. The second-order valence-corrected chi connectivity index (χ2v) is 28.1. The molecule has 30 unspecified atom stereocenters. The van der Waals surface area contributed by atoms with Gasteiger partial charge in [-0.15, -0.1) is 0 Å². The maximum Gasteiger partial charge on any atom is 0.186 e. The summed E-state index contributed by atoms with van der Waals surface area (Å²) in [5, 5.41) is 169. The second-order valence-electron chi connectivity index (χ2n) is 28.1. The van der Waals surface area contributed by atoms with Crippen LogP contribution in [0.4, 0.5) is 0 Å². The highest BCUT2D eigenvalue weighted by Gasteiger charge is 2.50. The highest BCUT2D eigenvalue weighted by atomic mass is 16.7. The molecular weight excluding hydrogens is 1470 g/mol. The van der Waals surface area contributed by atoms with Gasteiger partial charge in [0, 0.05) is 101 Å². The maximum absolute atomic E-state index is 10.5. The van der Waals surface area contributed by atoms with Crippen molar-refractivity contribution in [2.45, 2.75) is 304 Å². The Morgan fingerprint density at radius 3 is 0.874 bits per heavy atom. The predicted molar refractivity (Wildman–Crippen MR) is 406 cm³/mol. The number of ether oxygens (including phenoxy) is 15. The van der Waals surface area contributed by atoms with Gasteiger partial charge in [0.2, 0.25) is 0 Å². The van der Waals surface area contributed by atoms with Crippen molar-refractivity contribution in [3.05, 3.63) is 0 Å². The fourth-order valence-electron chi connectivity index (χ4n) is 12.6. The number of methoxy groups -OCH3 is 5. The summed E-state index contributed by atoms with van der Waals surface area (Å²) in [5.74, 6) is 0. The van der Waals surface area contributed by atoms with E-state index in [-0.39, 0.29) is 52.7 Å². The van der Waals surface area contributed by atoms with E-state index in [9.17, 15) is 76.6 Å². The van der Waals surface area contributed by atoms with Gasteiger partial charge in [-0.2, -0.15) is 0 Å². The fourth-order valence-corrected chi connectivity index (χ4v) is 12.6. The number of aliphatic hydroxyl groups excluding tert-OH is 16. The third-order valence-corrected chi connectivity index (χ3v) is 19.5. The molecule has 38 nitrogen and oxygen atoms in total. The van der Waals surface area contributed by atoms with E-state index in [1.165, 1.54) is 35.5 Å². The van der Waals surface area contributed by atoms with Gasteiger partial charge >= 0.3 is 0 Å². The summed E-state index contributed by atoms with van der Waals surface area (Å²) in [6.07, 6.45) is -18.3. The number of hydrogen-bond acceptors (Lipinski definition) is 38. The van der Waals surface area contributed by atoms with Crippen molar-refractivity contribution in [2.75, 3.05) is 168 Å². The van der Waals surface area contributed by atoms with Crippen molar-refractivity contribution < 1.29 is 153 Å². The first-order chi connectivity index (χ1) is 53.0. The number of nitrogens with zero attached hydrogens (tertiary/aromatic N) is 3. The maximum atomic E-state index is 10.5. The van der Waals surface area contributed by atoms with Crippen molar-refractivity contribution >= 4 is 0 Å². The van der Waals surface area contributed by atoms with E-state index in [4.69, 9.17) is 81.9 Å². The topological polar surface area (TPSA) is 534 Å². The third kappa shape index (κ3) is 37.8. The number of unbranched alkanes of at least 4 members (excludes halogenated alkanes) is 2. The SMILES string of the molecule is CCC1OC(OC)C(O)C(OCC(O)CN)C1O.CCC1OC(OC)C(O)C(OCC(O)CNCCNCCN(C)C)C1O.CCC1OC(OC)C(O)C(OCC(O)CNCCO)C1O.CCC1OC(OC)C(O)C(OCC(O)N(CC)CC)C1O.CCCCN(CCCC)C(O)COC1C(O)C(CC)OC(OC)C1O. The first-order valence-electron chi connectivity index (χ1n) is 39.7. The van der Waals surface area contributed by atoms with Crippen LogP contribution in [0.25, 0.3) is 0 Å². The molecule has 21 N–H and O–H groups in total. The smallest absolute Gasteiger partial charge is 0.186 e. The van der Waals surface area contributed by atoms with E-state index in [1.807, 2.05) is 72.4 Å². The van der Waals surface area contributed by atoms with Crippen LogP contribution in [0, 0.1) is 0 Å². The van der Waals surface area contributed by atoms with Gasteiger partial charge < -0.3 is 179 Å². The van der Waals surface area contributed by atoms with E-state index in [0.29, 0.717) is 58.3 Å². The highest BCUT2D eigenvalue weighted by Crippen LogP contribution is 2.31. The molecule has 0 amide bonds. The first-order valence-corrected chi connectivity index (χ1v) is 39.7. The van der Waals surface area contributed by atoms with Crippen LogP contribution < -0.4 is 21.7 Å². The average Bonchev–Trinajstić information content (AvgIpc) is 0.842. The largest absolute Gasteiger partial charge is 0.395 e. The molecule has 0 aromatic carbocycles. The molecule has 0 spiro atoms. The van der Waals surface area contributed by atoms with Crippen LogP contribution in [-0.2, 0) is 71.1 Å². The number of likely N-dealkylation sites (N-methyl/N-ethyl adjacent to an activating group) is 2. The van der Waals surface area contributed by atoms with Crippen LogP contribution in [0.5, 0.6) is 0 Å². The van der Waals surface area contributed by atoms with Gasteiger partial charge in [-0.05, 0) is 72.1 Å². The molecule has 5 heterocycles. The minimum atomic E-state index is -1.13. The summed E-state index contributed by atoms with van der Waals surface area (Å²) in [7, 11) is 11.2. The Morgan fingerprint density at radius 1 is 0.351 bits per heavy atom. The number of nitrogens with two attached hydrogens (primary N) is 1. The number of rotatable bonds is 48. The van der Waals surface area contributed by atoms with E-state index in [0.717, 1.165) is 65.0 Å². The molecule has 0 aromatic heterocycles. The van der Waals surface area contributed by atoms with Crippen LogP contribution in [-0.4, -0.2) is 449 Å². The van der Waals surface area contributed by atoms with Crippen molar-refractivity contribution in [3.8, 4) is 0 Å². The van der Waals surface area contributed by atoms with Gasteiger partial charge in [-0.25, -0.2) is 0 Å². The molecule has 666 valence electrons. The summed E-state index contributed by atoms with van der Waals surface area (Å²) in [6.45, 7) is 24.9. The van der Waals surface area contributed by atoms with Gasteiger partial charge in [0.1, 0.15) is 104 Å². The van der Waals surface area contributed by atoms with E-state index in [1.54, 1.807) is 0 Å².